The Morgan fingerprint density at radius 2 is 1.93 bits per heavy atom. The smallest absolute Gasteiger partial charge is 0.321 e. The van der Waals surface area contributed by atoms with Crippen molar-refractivity contribution in [1.82, 2.24) is 15.2 Å². The number of amides is 3. The van der Waals surface area contributed by atoms with Gasteiger partial charge in [0.2, 0.25) is 11.8 Å². The molecule has 10 heteroatoms. The molecule has 1 atom stereocenters. The van der Waals surface area contributed by atoms with Crippen molar-refractivity contribution >= 4 is 29.1 Å². The van der Waals surface area contributed by atoms with E-state index in [1.807, 2.05) is 0 Å². The van der Waals surface area contributed by atoms with Crippen LogP contribution in [0.4, 0.5) is 19.4 Å². The maximum absolute atomic E-state index is 13.4. The minimum atomic E-state index is -2.57. The average Bonchev–Trinajstić information content (AvgIpc) is 3.16. The Labute approximate surface area is 171 Å². The number of nitrogens with one attached hydrogen (secondary N) is 2. The summed E-state index contributed by atoms with van der Waals surface area (Å²) in [6.45, 7) is 0.316. The van der Waals surface area contributed by atoms with Crippen LogP contribution in [0.1, 0.15) is 43.5 Å². The molecule has 3 N–H and O–H groups in total. The highest BCUT2D eigenvalue weighted by Gasteiger charge is 2.45. The van der Waals surface area contributed by atoms with Crippen molar-refractivity contribution in [1.29, 1.82) is 0 Å². The van der Waals surface area contributed by atoms with Crippen LogP contribution in [0.2, 0.25) is 0 Å². The van der Waals surface area contributed by atoms with E-state index in [2.05, 4.69) is 21.5 Å². The van der Waals surface area contributed by atoms with Crippen molar-refractivity contribution in [2.45, 2.75) is 50.5 Å². The van der Waals surface area contributed by atoms with Gasteiger partial charge in [0, 0.05) is 31.3 Å². The number of carbonyl (C=O) groups excluding carboxylic acids is 2. The molecule has 3 rings (SSSR count). The van der Waals surface area contributed by atoms with Crippen molar-refractivity contribution in [3.63, 3.8) is 0 Å². The van der Waals surface area contributed by atoms with Gasteiger partial charge in [0.15, 0.2) is 5.01 Å². The molecule has 0 unspecified atom stereocenters. The zero-order valence-corrected chi connectivity index (χ0v) is 16.7. The van der Waals surface area contributed by atoms with E-state index in [0.717, 1.165) is 0 Å². The van der Waals surface area contributed by atoms with E-state index in [4.69, 9.17) is 6.42 Å². The van der Waals surface area contributed by atoms with Gasteiger partial charge in [-0.1, -0.05) is 0 Å². The minimum absolute atomic E-state index is 0.0973. The van der Waals surface area contributed by atoms with Crippen molar-refractivity contribution < 1.29 is 23.5 Å². The van der Waals surface area contributed by atoms with Crippen LogP contribution in [-0.4, -0.2) is 58.6 Å². The Bertz CT molecular complexity index is 788. The zero-order valence-electron chi connectivity index (χ0n) is 15.9. The summed E-state index contributed by atoms with van der Waals surface area (Å²) in [5.41, 5.74) is -0.128. The van der Waals surface area contributed by atoms with Crippen molar-refractivity contribution in [3.05, 3.63) is 10.4 Å². The molecule has 0 radical (unpaired) electrons. The first kappa shape index (κ1) is 21.5. The first-order chi connectivity index (χ1) is 13.8. The quantitative estimate of drug-likeness (QED) is 0.645. The second-order valence-electron chi connectivity index (χ2n) is 7.70. The summed E-state index contributed by atoms with van der Waals surface area (Å²) in [6, 6.07) is -1.76. The number of urea groups is 1. The minimum Gasteiger partial charge on any atom is -0.394 e. The van der Waals surface area contributed by atoms with Gasteiger partial charge in [0.05, 0.1) is 6.61 Å². The molecule has 7 nitrogen and oxygen atoms in total. The van der Waals surface area contributed by atoms with Gasteiger partial charge in [0.1, 0.15) is 11.9 Å². The number of alkyl halides is 2. The number of likely N-dealkylation sites (tertiary alicyclic amines) is 1. The van der Waals surface area contributed by atoms with Gasteiger partial charge in [-0.25, -0.2) is 18.6 Å². The van der Waals surface area contributed by atoms with Crippen molar-refractivity contribution in [2.75, 3.05) is 25.0 Å². The van der Waals surface area contributed by atoms with E-state index in [-0.39, 0.29) is 30.0 Å². The summed E-state index contributed by atoms with van der Waals surface area (Å²) in [5, 5.41) is 16.5. The molecule has 0 aromatic carbocycles. The number of carbonyl (C=O) groups is 2. The van der Waals surface area contributed by atoms with Gasteiger partial charge >= 0.3 is 6.03 Å². The normalized spacial score (nSPS) is 21.2. The standard InChI is InChI=1S/C19H24F2N4O3S/c1-2-15-23-14(12-29-15)24-17(28)22-13(11-26)16(27)25-9-7-18(8-10-25)3-5-19(20,21)6-4-18/h1,12-13,26H,3-11H2,(H2,22,24,28)/t13-/m0/s1. The maximum atomic E-state index is 13.4. The van der Waals surface area contributed by atoms with E-state index < -0.39 is 24.6 Å². The van der Waals surface area contributed by atoms with Gasteiger partial charge in [-0.2, -0.15) is 0 Å². The predicted octanol–water partition coefficient (Wildman–Crippen LogP) is 2.42. The number of piperidine rings is 1. The van der Waals surface area contributed by atoms with E-state index in [1.54, 1.807) is 10.3 Å². The molecular formula is C19H24F2N4O3S. The van der Waals surface area contributed by atoms with Crippen molar-refractivity contribution in [2.24, 2.45) is 5.41 Å². The first-order valence-corrected chi connectivity index (χ1v) is 10.4. The Balaban J connectivity index is 1.51. The van der Waals surface area contributed by atoms with Gasteiger partial charge in [-0.15, -0.1) is 17.8 Å². The molecule has 158 valence electrons. The lowest BCUT2D eigenvalue weighted by Gasteiger charge is -2.46. The summed E-state index contributed by atoms with van der Waals surface area (Å²) in [6.07, 6.45) is 7.30. The van der Waals surface area contributed by atoms with Crippen LogP contribution in [0, 0.1) is 17.8 Å². The van der Waals surface area contributed by atoms with E-state index in [0.29, 0.717) is 43.8 Å². The molecule has 1 saturated heterocycles. The molecule has 1 saturated carbocycles. The number of thiazole rings is 1. The Hall–Kier alpha value is -2.25. The number of aliphatic hydroxyl groups is 1. The molecule has 0 bridgehead atoms. The number of anilines is 1. The topological polar surface area (TPSA) is 94.6 Å². The van der Waals surface area contributed by atoms with Crippen LogP contribution in [0.5, 0.6) is 0 Å². The third kappa shape index (κ3) is 5.22. The number of aliphatic hydroxyl groups excluding tert-OH is 1. The highest BCUT2D eigenvalue weighted by Crippen LogP contribution is 2.49. The SMILES string of the molecule is C#Cc1nc(NC(=O)N[C@@H](CO)C(=O)N2CCC3(CC2)CCC(F)(F)CC3)cs1. The van der Waals surface area contributed by atoms with Crippen LogP contribution >= 0.6 is 11.3 Å². The molecule has 29 heavy (non-hydrogen) atoms. The molecule has 1 aromatic heterocycles. The fourth-order valence-corrected chi connectivity index (χ4v) is 4.52. The third-order valence-corrected chi connectivity index (χ3v) is 6.61. The van der Waals surface area contributed by atoms with Crippen LogP contribution in [0.3, 0.4) is 0 Å². The number of hydrogen-bond acceptors (Lipinski definition) is 5. The summed E-state index contributed by atoms with van der Waals surface area (Å²) < 4.78 is 26.9. The molecule has 3 amide bonds. The van der Waals surface area contributed by atoms with Crippen molar-refractivity contribution in [3.8, 4) is 12.3 Å². The van der Waals surface area contributed by atoms with Crippen LogP contribution in [0.25, 0.3) is 0 Å². The molecular weight excluding hydrogens is 402 g/mol. The second kappa shape index (κ2) is 8.63. The highest BCUT2D eigenvalue weighted by atomic mass is 32.1. The Kier molecular flexibility index (Phi) is 6.39. The second-order valence-corrected chi connectivity index (χ2v) is 8.56. The average molecular weight is 426 g/mol. The fourth-order valence-electron chi connectivity index (χ4n) is 3.96. The molecule has 2 fully saturated rings. The van der Waals surface area contributed by atoms with Crippen LogP contribution in [0.15, 0.2) is 5.38 Å². The lowest BCUT2D eigenvalue weighted by atomic mass is 9.67. The van der Waals surface area contributed by atoms with Crippen LogP contribution in [-0.2, 0) is 4.79 Å². The lowest BCUT2D eigenvalue weighted by Crippen LogP contribution is -2.54. The van der Waals surface area contributed by atoms with Gasteiger partial charge in [0.25, 0.3) is 0 Å². The molecule has 2 heterocycles. The summed E-state index contributed by atoms with van der Waals surface area (Å²) in [5.74, 6) is -0.343. The molecule has 1 aromatic rings. The zero-order chi connectivity index (χ0) is 21.1. The van der Waals surface area contributed by atoms with Crippen LogP contribution < -0.4 is 10.6 Å². The monoisotopic (exact) mass is 426 g/mol. The summed E-state index contributed by atoms with van der Waals surface area (Å²) in [4.78, 5) is 30.4. The third-order valence-electron chi connectivity index (χ3n) is 5.83. The largest absolute Gasteiger partial charge is 0.394 e. The lowest BCUT2D eigenvalue weighted by molar-refractivity contribution is -0.138. The fraction of sp³-hybridized carbons (Fsp3) is 0.632. The predicted molar refractivity (Wildman–Crippen MR) is 105 cm³/mol. The number of halogens is 2. The number of nitrogens with zero attached hydrogens (tertiary/aromatic N) is 2. The number of aromatic nitrogens is 1. The molecule has 2 aliphatic rings. The summed E-state index contributed by atoms with van der Waals surface area (Å²) >= 11 is 1.19. The highest BCUT2D eigenvalue weighted by molar-refractivity contribution is 7.10. The maximum Gasteiger partial charge on any atom is 0.321 e. The van der Waals surface area contributed by atoms with E-state index in [1.165, 1.54) is 11.3 Å². The molecule has 1 spiro atoms. The summed E-state index contributed by atoms with van der Waals surface area (Å²) in [7, 11) is 0. The first-order valence-electron chi connectivity index (χ1n) is 9.53. The number of terminal acetylenes is 1. The molecule has 1 aliphatic heterocycles. The van der Waals surface area contributed by atoms with Gasteiger partial charge < -0.3 is 15.3 Å². The van der Waals surface area contributed by atoms with Gasteiger partial charge in [-0.3, -0.25) is 10.1 Å². The van der Waals surface area contributed by atoms with E-state index >= 15 is 0 Å². The molecule has 1 aliphatic carbocycles. The van der Waals surface area contributed by atoms with E-state index in [9.17, 15) is 23.5 Å². The Morgan fingerprint density at radius 1 is 1.28 bits per heavy atom. The number of rotatable bonds is 4. The van der Waals surface area contributed by atoms with Gasteiger partial charge in [-0.05, 0) is 37.0 Å². The Morgan fingerprint density at radius 3 is 2.48 bits per heavy atom. The number of hydrogen-bond donors (Lipinski definition) is 3.